The molecule has 0 bridgehead atoms. The molecule has 0 aromatic rings. The van der Waals surface area contributed by atoms with E-state index < -0.39 is 18.2 Å². The quantitative estimate of drug-likeness (QED) is 0.247. The molecule has 2 unspecified atom stereocenters. The van der Waals surface area contributed by atoms with Gasteiger partial charge in [-0.1, -0.05) is 64.7 Å². The number of ether oxygens (including phenoxy) is 1. The molecule has 0 aromatic heterocycles. The topological polar surface area (TPSA) is 87.1 Å². The number of aliphatic hydroxyl groups excluding tert-OH is 1. The lowest BCUT2D eigenvalue weighted by atomic mass is 9.99. The number of hydrogen-bond acceptors (Lipinski definition) is 5. The molecule has 0 rings (SSSR count). The molecule has 6 heteroatoms. The number of carboxylic acids is 1. The Morgan fingerprint density at radius 1 is 0.857 bits per heavy atom. The largest absolute Gasteiger partial charge is 0.481 e. The molecule has 0 aromatic carbocycles. The van der Waals surface area contributed by atoms with E-state index in [1.807, 2.05) is 14.1 Å². The van der Waals surface area contributed by atoms with E-state index >= 15 is 0 Å². The van der Waals surface area contributed by atoms with E-state index in [9.17, 15) is 14.7 Å². The summed E-state index contributed by atoms with van der Waals surface area (Å²) < 4.78 is 5.58. The monoisotopic (exact) mass is 401 g/mol. The molecule has 0 fully saturated rings. The first-order valence-corrected chi connectivity index (χ1v) is 11.1. The van der Waals surface area contributed by atoms with Crippen LogP contribution in [0.1, 0.15) is 96.8 Å². The standard InChI is InChI=1S/C22H43NO5/c1-4-5-6-7-10-13-16-20(28-22(27)18-23(2)3)19(24)15-12-9-8-11-14-17-21(25)26/h19-20,24H,4-18H2,1-3H3,(H,25,26). The van der Waals surface area contributed by atoms with Gasteiger partial charge < -0.3 is 14.9 Å². The Kier molecular flexibility index (Phi) is 17.2. The number of unbranched alkanes of at least 4 members (excludes halogenated alkanes) is 9. The summed E-state index contributed by atoms with van der Waals surface area (Å²) in [7, 11) is 3.65. The third kappa shape index (κ3) is 17.0. The predicted molar refractivity (Wildman–Crippen MR) is 112 cm³/mol. The highest BCUT2D eigenvalue weighted by Crippen LogP contribution is 2.18. The zero-order valence-corrected chi connectivity index (χ0v) is 18.3. The summed E-state index contributed by atoms with van der Waals surface area (Å²) in [6.45, 7) is 2.42. The van der Waals surface area contributed by atoms with Gasteiger partial charge in [-0.25, -0.2) is 0 Å². The van der Waals surface area contributed by atoms with Crippen LogP contribution in [0.15, 0.2) is 0 Å². The summed E-state index contributed by atoms with van der Waals surface area (Å²) in [6, 6.07) is 0. The number of likely N-dealkylation sites (N-methyl/N-ethyl adjacent to an activating group) is 1. The van der Waals surface area contributed by atoms with Crippen LogP contribution in [0.25, 0.3) is 0 Å². The number of aliphatic hydroxyl groups is 1. The number of aliphatic carboxylic acids is 1. The normalized spacial score (nSPS) is 13.5. The van der Waals surface area contributed by atoms with Crippen LogP contribution in [-0.2, 0) is 14.3 Å². The zero-order chi connectivity index (χ0) is 21.2. The van der Waals surface area contributed by atoms with Crippen molar-refractivity contribution in [1.82, 2.24) is 4.90 Å². The number of nitrogens with zero attached hydrogens (tertiary/aromatic N) is 1. The van der Waals surface area contributed by atoms with Gasteiger partial charge in [0.2, 0.25) is 0 Å². The van der Waals surface area contributed by atoms with E-state index in [0.29, 0.717) is 19.3 Å². The molecule has 6 nitrogen and oxygen atoms in total. The minimum atomic E-state index is -0.743. The minimum Gasteiger partial charge on any atom is -0.481 e. The lowest BCUT2D eigenvalue weighted by molar-refractivity contribution is -0.156. The van der Waals surface area contributed by atoms with Crippen molar-refractivity contribution in [2.45, 2.75) is 109 Å². The fourth-order valence-electron chi connectivity index (χ4n) is 3.27. The second kappa shape index (κ2) is 17.9. The SMILES string of the molecule is CCCCCCCCC(OC(=O)CN(C)C)C(O)CCCCCCCC(=O)O. The minimum absolute atomic E-state index is 0.225. The van der Waals surface area contributed by atoms with Gasteiger partial charge in [-0.15, -0.1) is 0 Å². The third-order valence-electron chi connectivity index (χ3n) is 4.89. The summed E-state index contributed by atoms with van der Waals surface area (Å²) >= 11 is 0. The summed E-state index contributed by atoms with van der Waals surface area (Å²) in [5, 5.41) is 19.2. The Morgan fingerprint density at radius 3 is 1.96 bits per heavy atom. The van der Waals surface area contributed by atoms with Gasteiger partial charge in [0.15, 0.2) is 0 Å². The molecule has 0 radical (unpaired) electrons. The first kappa shape index (κ1) is 26.9. The highest BCUT2D eigenvalue weighted by atomic mass is 16.6. The van der Waals surface area contributed by atoms with Crippen LogP contribution in [-0.4, -0.2) is 59.9 Å². The number of carbonyl (C=O) groups is 2. The highest BCUT2D eigenvalue weighted by Gasteiger charge is 2.23. The molecule has 0 aliphatic heterocycles. The molecule has 166 valence electrons. The smallest absolute Gasteiger partial charge is 0.320 e. The molecule has 0 amide bonds. The molecule has 28 heavy (non-hydrogen) atoms. The Labute approximate surface area is 171 Å². The van der Waals surface area contributed by atoms with Crippen molar-refractivity contribution in [3.8, 4) is 0 Å². The number of carbonyl (C=O) groups excluding carboxylic acids is 1. The molecule has 0 saturated heterocycles. The lowest BCUT2D eigenvalue weighted by Crippen LogP contribution is -2.34. The van der Waals surface area contributed by atoms with Crippen LogP contribution in [0.4, 0.5) is 0 Å². The van der Waals surface area contributed by atoms with E-state index in [-0.39, 0.29) is 18.9 Å². The Bertz CT molecular complexity index is 400. The molecule has 2 atom stereocenters. The van der Waals surface area contributed by atoms with Crippen LogP contribution in [0.3, 0.4) is 0 Å². The van der Waals surface area contributed by atoms with Gasteiger partial charge in [-0.05, 0) is 39.8 Å². The maximum Gasteiger partial charge on any atom is 0.320 e. The van der Waals surface area contributed by atoms with Crippen LogP contribution in [0.5, 0.6) is 0 Å². The van der Waals surface area contributed by atoms with Crippen molar-refractivity contribution in [2.24, 2.45) is 0 Å². The predicted octanol–water partition coefficient (Wildman–Crippen LogP) is 4.39. The molecule has 0 saturated carbocycles. The van der Waals surface area contributed by atoms with Crippen molar-refractivity contribution in [3.63, 3.8) is 0 Å². The highest BCUT2D eigenvalue weighted by molar-refractivity contribution is 5.71. The lowest BCUT2D eigenvalue weighted by Gasteiger charge is -2.24. The van der Waals surface area contributed by atoms with Gasteiger partial charge in [0, 0.05) is 6.42 Å². The second-order valence-electron chi connectivity index (χ2n) is 8.09. The van der Waals surface area contributed by atoms with Crippen LogP contribution in [0, 0.1) is 0 Å². The fourth-order valence-corrected chi connectivity index (χ4v) is 3.27. The summed E-state index contributed by atoms with van der Waals surface area (Å²) in [5.41, 5.74) is 0. The van der Waals surface area contributed by atoms with Gasteiger partial charge in [-0.2, -0.15) is 0 Å². The van der Waals surface area contributed by atoms with Crippen LogP contribution in [0.2, 0.25) is 0 Å². The molecule has 0 spiro atoms. The molecular formula is C22H43NO5. The zero-order valence-electron chi connectivity index (χ0n) is 18.3. The summed E-state index contributed by atoms with van der Waals surface area (Å²) in [4.78, 5) is 24.3. The van der Waals surface area contributed by atoms with E-state index in [0.717, 1.165) is 38.5 Å². The molecule has 2 N–H and O–H groups in total. The Balaban J connectivity index is 4.19. The molecular weight excluding hydrogens is 358 g/mol. The van der Waals surface area contributed by atoms with Gasteiger partial charge in [-0.3, -0.25) is 14.5 Å². The maximum atomic E-state index is 12.0. The molecule has 0 aliphatic carbocycles. The van der Waals surface area contributed by atoms with Crippen molar-refractivity contribution in [2.75, 3.05) is 20.6 Å². The van der Waals surface area contributed by atoms with Gasteiger partial charge in [0.1, 0.15) is 6.10 Å². The number of carboxylic acid groups (broad SMARTS) is 1. The molecule has 0 heterocycles. The van der Waals surface area contributed by atoms with E-state index in [2.05, 4.69) is 6.92 Å². The van der Waals surface area contributed by atoms with Crippen molar-refractivity contribution in [3.05, 3.63) is 0 Å². The first-order valence-electron chi connectivity index (χ1n) is 11.1. The van der Waals surface area contributed by atoms with Gasteiger partial charge in [0.05, 0.1) is 12.6 Å². The van der Waals surface area contributed by atoms with Crippen molar-refractivity contribution >= 4 is 11.9 Å². The fraction of sp³-hybridized carbons (Fsp3) is 0.909. The van der Waals surface area contributed by atoms with Crippen LogP contribution >= 0.6 is 0 Å². The molecule has 0 aliphatic rings. The first-order chi connectivity index (χ1) is 13.4. The van der Waals surface area contributed by atoms with E-state index in [1.165, 1.54) is 25.7 Å². The third-order valence-corrected chi connectivity index (χ3v) is 4.89. The Hall–Kier alpha value is -1.14. The van der Waals surface area contributed by atoms with Gasteiger partial charge >= 0.3 is 11.9 Å². The summed E-state index contributed by atoms with van der Waals surface area (Å²) in [6.07, 6.45) is 11.9. The average Bonchev–Trinajstić information content (AvgIpc) is 2.61. The van der Waals surface area contributed by atoms with Crippen LogP contribution < -0.4 is 0 Å². The van der Waals surface area contributed by atoms with Gasteiger partial charge in [0.25, 0.3) is 0 Å². The summed E-state index contributed by atoms with van der Waals surface area (Å²) in [5.74, 6) is -1.03. The maximum absolute atomic E-state index is 12.0. The number of rotatable bonds is 19. The van der Waals surface area contributed by atoms with Crippen molar-refractivity contribution < 1.29 is 24.5 Å². The Morgan fingerprint density at radius 2 is 1.39 bits per heavy atom. The average molecular weight is 402 g/mol. The van der Waals surface area contributed by atoms with Crippen molar-refractivity contribution in [1.29, 1.82) is 0 Å². The van der Waals surface area contributed by atoms with E-state index in [4.69, 9.17) is 9.84 Å². The van der Waals surface area contributed by atoms with E-state index in [1.54, 1.807) is 4.90 Å². The number of esters is 1. The number of hydrogen-bond donors (Lipinski definition) is 2. The second-order valence-corrected chi connectivity index (χ2v) is 8.09.